The van der Waals surface area contributed by atoms with Crippen LogP contribution >= 0.6 is 0 Å². The molecule has 1 aromatic heterocycles. The number of carbonyl (C=O) groups is 1. The molecule has 146 valence electrons. The van der Waals surface area contributed by atoms with Crippen LogP contribution in [0.1, 0.15) is 48.5 Å². The molecule has 0 bridgehead atoms. The number of rotatable bonds is 3. The number of anilines is 1. The highest BCUT2D eigenvalue weighted by Crippen LogP contribution is 2.49. The van der Waals surface area contributed by atoms with Crippen molar-refractivity contribution in [1.29, 1.82) is 0 Å². The summed E-state index contributed by atoms with van der Waals surface area (Å²) in [5.41, 5.74) is 5.06. The van der Waals surface area contributed by atoms with E-state index in [-0.39, 0.29) is 23.0 Å². The lowest BCUT2D eigenvalue weighted by molar-refractivity contribution is -0.0583. The second-order valence-corrected chi connectivity index (χ2v) is 7.55. The summed E-state index contributed by atoms with van der Waals surface area (Å²) in [6, 6.07) is 6.68. The highest BCUT2D eigenvalue weighted by molar-refractivity contribution is 6.03. The van der Waals surface area contributed by atoms with Crippen molar-refractivity contribution >= 4 is 17.7 Å². The van der Waals surface area contributed by atoms with Crippen molar-refractivity contribution in [2.45, 2.75) is 43.7 Å². The molecule has 1 atom stereocenters. The van der Waals surface area contributed by atoms with Gasteiger partial charge in [-0.3, -0.25) is 4.79 Å². The highest BCUT2D eigenvalue weighted by atomic mass is 19.1. The normalized spacial score (nSPS) is 22.8. The van der Waals surface area contributed by atoms with E-state index in [9.17, 15) is 13.6 Å². The fraction of sp³-hybridized carbons (Fsp3) is 0.350. The zero-order chi connectivity index (χ0) is 19.9. The number of hydrogen-bond acceptors (Lipinski definition) is 5. The van der Waals surface area contributed by atoms with Gasteiger partial charge < -0.3 is 15.8 Å². The average molecular weight is 386 g/mol. The minimum Gasteiger partial charge on any atom is -0.459 e. The van der Waals surface area contributed by atoms with Crippen LogP contribution in [0.2, 0.25) is 0 Å². The minimum absolute atomic E-state index is 0.0400. The van der Waals surface area contributed by atoms with Crippen LogP contribution in [0.5, 0.6) is 0 Å². The van der Waals surface area contributed by atoms with E-state index in [1.54, 1.807) is 6.92 Å². The summed E-state index contributed by atoms with van der Waals surface area (Å²) in [5.74, 6) is -1.25. The Kier molecular flexibility index (Phi) is 4.28. The number of nitrogens with one attached hydrogen (secondary N) is 1. The Morgan fingerprint density at radius 2 is 2.04 bits per heavy atom. The van der Waals surface area contributed by atoms with E-state index < -0.39 is 28.7 Å². The maximum absolute atomic E-state index is 14.7. The molecule has 1 saturated carbocycles. The number of amidine groups is 1. The fourth-order valence-corrected chi connectivity index (χ4v) is 3.91. The highest BCUT2D eigenvalue weighted by Gasteiger charge is 2.50. The lowest BCUT2D eigenvalue weighted by Crippen LogP contribution is -2.52. The predicted octanol–water partition coefficient (Wildman–Crippen LogP) is 3.49. The van der Waals surface area contributed by atoms with Gasteiger partial charge in [-0.25, -0.2) is 18.8 Å². The van der Waals surface area contributed by atoms with Crippen LogP contribution < -0.4 is 11.1 Å². The van der Waals surface area contributed by atoms with Gasteiger partial charge in [-0.1, -0.05) is 0 Å². The van der Waals surface area contributed by atoms with Crippen LogP contribution in [0.3, 0.4) is 0 Å². The maximum atomic E-state index is 14.7. The van der Waals surface area contributed by atoms with Crippen molar-refractivity contribution in [2.24, 2.45) is 10.7 Å². The number of nitrogens with two attached hydrogens (primary N) is 1. The molecular weight excluding hydrogens is 366 g/mol. The van der Waals surface area contributed by atoms with E-state index in [0.717, 1.165) is 25.5 Å². The Morgan fingerprint density at radius 1 is 1.25 bits per heavy atom. The third-order valence-electron chi connectivity index (χ3n) is 5.39. The van der Waals surface area contributed by atoms with Crippen LogP contribution in [0, 0.1) is 11.6 Å². The Labute approximate surface area is 160 Å². The molecule has 8 heteroatoms. The van der Waals surface area contributed by atoms with Gasteiger partial charge in [0, 0.05) is 17.5 Å². The van der Waals surface area contributed by atoms with Crippen molar-refractivity contribution in [3.8, 4) is 0 Å². The van der Waals surface area contributed by atoms with Crippen molar-refractivity contribution in [3.63, 3.8) is 0 Å². The van der Waals surface area contributed by atoms with E-state index in [1.165, 1.54) is 30.3 Å². The van der Waals surface area contributed by atoms with Crippen LogP contribution in [0.25, 0.3) is 0 Å². The fourth-order valence-electron chi connectivity index (χ4n) is 3.91. The van der Waals surface area contributed by atoms with Gasteiger partial charge in [-0.05, 0) is 56.5 Å². The monoisotopic (exact) mass is 386 g/mol. The first-order chi connectivity index (χ1) is 13.3. The smallest absolute Gasteiger partial charge is 0.283 e. The summed E-state index contributed by atoms with van der Waals surface area (Å²) in [6.07, 6.45) is 4.21. The standard InChI is InChI=1S/C20H20F2N4O2/c1-19(11-20(7-2-8-20)28-18(23)26-19)14-9-12(3-5-15(14)22)17(27)25-16-6-4-13(21)10-24-16/h3-6,9-10H,2,7-8,11H2,1H3,(H2,23,26)(H,24,25,27). The molecule has 1 amide bonds. The van der Waals surface area contributed by atoms with Gasteiger partial charge in [0.2, 0.25) is 0 Å². The topological polar surface area (TPSA) is 89.6 Å². The van der Waals surface area contributed by atoms with Crippen LogP contribution in [-0.2, 0) is 10.3 Å². The first kappa shape index (κ1) is 18.3. The number of carbonyl (C=O) groups excluding carboxylic acids is 1. The minimum atomic E-state index is -0.933. The second kappa shape index (κ2) is 6.54. The summed E-state index contributed by atoms with van der Waals surface area (Å²) in [6.45, 7) is 1.80. The number of hydrogen-bond donors (Lipinski definition) is 2. The number of ether oxygens (including phenoxy) is 1. The Bertz CT molecular complexity index is 957. The molecule has 1 aliphatic heterocycles. The number of pyridine rings is 1. The number of aromatic nitrogens is 1. The van der Waals surface area contributed by atoms with Crippen molar-refractivity contribution in [2.75, 3.05) is 5.32 Å². The zero-order valence-corrected chi connectivity index (χ0v) is 15.3. The average Bonchev–Trinajstić information content (AvgIpc) is 2.62. The van der Waals surface area contributed by atoms with Crippen molar-refractivity contribution in [3.05, 3.63) is 59.3 Å². The summed E-state index contributed by atoms with van der Waals surface area (Å²) in [5, 5.41) is 2.57. The van der Waals surface area contributed by atoms with E-state index in [2.05, 4.69) is 15.3 Å². The number of amides is 1. The summed E-state index contributed by atoms with van der Waals surface area (Å²) in [7, 11) is 0. The third-order valence-corrected chi connectivity index (χ3v) is 5.39. The first-order valence-electron chi connectivity index (χ1n) is 9.06. The number of nitrogens with zero attached hydrogens (tertiary/aromatic N) is 2. The Morgan fingerprint density at radius 3 is 2.68 bits per heavy atom. The van der Waals surface area contributed by atoms with Gasteiger partial charge in [0.15, 0.2) is 0 Å². The second-order valence-electron chi connectivity index (χ2n) is 7.55. The molecule has 6 nitrogen and oxygen atoms in total. The predicted molar refractivity (Wildman–Crippen MR) is 99.8 cm³/mol. The quantitative estimate of drug-likeness (QED) is 0.845. The molecule has 1 aliphatic carbocycles. The number of aliphatic imine (C=N–C) groups is 1. The summed E-state index contributed by atoms with van der Waals surface area (Å²) < 4.78 is 33.4. The molecule has 3 N–H and O–H groups in total. The Balaban J connectivity index is 1.64. The number of benzene rings is 1. The molecule has 2 aliphatic rings. The molecule has 28 heavy (non-hydrogen) atoms. The molecule has 4 rings (SSSR count). The van der Waals surface area contributed by atoms with E-state index in [1.807, 2.05) is 0 Å². The molecule has 0 saturated heterocycles. The van der Waals surface area contributed by atoms with Crippen LogP contribution in [0.4, 0.5) is 14.6 Å². The molecule has 2 aromatic rings. The molecule has 2 heterocycles. The molecular formula is C20H20F2N4O2. The first-order valence-corrected chi connectivity index (χ1v) is 9.06. The lowest BCUT2D eigenvalue weighted by atomic mass is 9.69. The Hall–Kier alpha value is -3.03. The van der Waals surface area contributed by atoms with Gasteiger partial charge >= 0.3 is 0 Å². The maximum Gasteiger partial charge on any atom is 0.283 e. The van der Waals surface area contributed by atoms with Crippen LogP contribution in [-0.4, -0.2) is 22.5 Å². The van der Waals surface area contributed by atoms with E-state index in [0.29, 0.717) is 6.42 Å². The molecule has 1 unspecified atom stereocenters. The summed E-state index contributed by atoms with van der Waals surface area (Å²) in [4.78, 5) is 20.7. The molecule has 1 fully saturated rings. The van der Waals surface area contributed by atoms with E-state index in [4.69, 9.17) is 10.5 Å². The van der Waals surface area contributed by atoms with Crippen molar-refractivity contribution < 1.29 is 18.3 Å². The van der Waals surface area contributed by atoms with E-state index >= 15 is 0 Å². The molecule has 0 radical (unpaired) electrons. The lowest BCUT2D eigenvalue weighted by Gasteiger charge is -2.48. The SMILES string of the molecule is CC1(c2cc(C(=O)Nc3ccc(F)cn3)ccc2F)CC2(CCC2)OC(N)=N1. The summed E-state index contributed by atoms with van der Waals surface area (Å²) >= 11 is 0. The van der Waals surface area contributed by atoms with Crippen LogP contribution in [0.15, 0.2) is 41.5 Å². The van der Waals surface area contributed by atoms with Gasteiger partial charge in [0.1, 0.15) is 23.1 Å². The van der Waals surface area contributed by atoms with Gasteiger partial charge in [0.05, 0.1) is 11.7 Å². The number of halogens is 2. The van der Waals surface area contributed by atoms with Gasteiger partial charge in [-0.2, -0.15) is 0 Å². The molecule has 1 spiro atoms. The molecule has 1 aromatic carbocycles. The third kappa shape index (κ3) is 3.30. The largest absolute Gasteiger partial charge is 0.459 e. The van der Waals surface area contributed by atoms with Crippen molar-refractivity contribution in [1.82, 2.24) is 4.98 Å². The van der Waals surface area contributed by atoms with Gasteiger partial charge in [-0.15, -0.1) is 0 Å². The zero-order valence-electron chi connectivity index (χ0n) is 15.3. The van der Waals surface area contributed by atoms with Gasteiger partial charge in [0.25, 0.3) is 11.9 Å².